The molecule has 4 heterocycles. The van der Waals surface area contributed by atoms with E-state index in [1.54, 1.807) is 19.9 Å². The molecule has 0 radical (unpaired) electrons. The lowest BCUT2D eigenvalue weighted by Crippen LogP contribution is -2.65. The first kappa shape index (κ1) is 51.9. The van der Waals surface area contributed by atoms with Crippen molar-refractivity contribution < 1.29 is 107 Å². The standard InChI is InChI=1S/C45H56O23/c1-17(2)8-13-24-26(63-43-35(56)33(54)30(51)27(15-46)64-43)14-25(50)29-32(53)40(38(66-39(24)29)22-9-11-23(58-7)12-10-22)67-44-36(57)41(37(18(3)60-44)61-20(5)48)68-45-42(62-21(6)49)34(55)31(52)28(65-45)16-59-19(4)47/h8-12,14,18,27-28,30-31,33-37,41-46,50-52,54-57H,13,15-16H2,1-7H3/t18-,27+,28+,30+,31-,33-,34+,35+,36+,37-,41-,42+,43-,44+,45+/m0/s1. The zero-order valence-electron chi connectivity index (χ0n) is 37.9. The first-order valence-electron chi connectivity index (χ1n) is 21.4. The van der Waals surface area contributed by atoms with Crippen LogP contribution in [0.15, 0.2) is 51.2 Å². The summed E-state index contributed by atoms with van der Waals surface area (Å²) in [5.41, 5.74) is -0.180. The Morgan fingerprint density at radius 1 is 0.721 bits per heavy atom. The van der Waals surface area contributed by atoms with Crippen LogP contribution in [0.2, 0.25) is 0 Å². The molecule has 3 aliphatic heterocycles. The molecule has 374 valence electrons. The van der Waals surface area contributed by atoms with E-state index in [1.807, 2.05) is 0 Å². The number of esters is 3. The highest BCUT2D eigenvalue weighted by Gasteiger charge is 2.54. The predicted molar refractivity (Wildman–Crippen MR) is 228 cm³/mol. The minimum atomic E-state index is -2.05. The second-order valence-corrected chi connectivity index (χ2v) is 16.6. The number of aliphatic hydroxyl groups excluding tert-OH is 7. The van der Waals surface area contributed by atoms with Crippen LogP contribution in [0.1, 0.15) is 47.1 Å². The smallest absolute Gasteiger partial charge is 0.303 e. The Hall–Kier alpha value is -5.44. The Morgan fingerprint density at radius 3 is 1.94 bits per heavy atom. The Labute approximate surface area is 387 Å². The Bertz CT molecular complexity index is 2360. The van der Waals surface area contributed by atoms with Crippen LogP contribution in [-0.2, 0) is 54.0 Å². The van der Waals surface area contributed by atoms with Crippen LogP contribution in [0.5, 0.6) is 23.0 Å². The molecule has 8 N–H and O–H groups in total. The highest BCUT2D eigenvalue weighted by atomic mass is 16.8. The van der Waals surface area contributed by atoms with Crippen LogP contribution in [-0.4, -0.2) is 171 Å². The number of fused-ring (bicyclic) bond motifs is 1. The Balaban J connectivity index is 1.47. The molecule has 2 aromatic carbocycles. The van der Waals surface area contributed by atoms with Crippen molar-refractivity contribution in [3.8, 4) is 34.3 Å². The Kier molecular flexibility index (Phi) is 16.7. The van der Waals surface area contributed by atoms with Crippen molar-refractivity contribution in [3.05, 3.63) is 57.8 Å². The monoisotopic (exact) mass is 964 g/mol. The molecule has 15 atom stereocenters. The summed E-state index contributed by atoms with van der Waals surface area (Å²) >= 11 is 0. The fraction of sp³-hybridized carbons (Fsp3) is 0.556. The lowest BCUT2D eigenvalue weighted by atomic mass is 9.96. The lowest BCUT2D eigenvalue weighted by Gasteiger charge is -2.46. The van der Waals surface area contributed by atoms with Gasteiger partial charge in [-0.15, -0.1) is 0 Å². The van der Waals surface area contributed by atoms with E-state index < -0.39 is 146 Å². The topological polar surface area (TPSA) is 336 Å². The molecule has 0 unspecified atom stereocenters. The number of rotatable bonds is 15. The number of ether oxygens (including phenoxy) is 10. The van der Waals surface area contributed by atoms with Gasteiger partial charge in [-0.2, -0.15) is 0 Å². The van der Waals surface area contributed by atoms with E-state index in [1.165, 1.54) is 38.3 Å². The highest BCUT2D eigenvalue weighted by molar-refractivity contribution is 5.91. The quantitative estimate of drug-likeness (QED) is 0.0546. The number of phenolic OH excluding ortho intramolecular Hbond substituents is 1. The number of aromatic hydroxyl groups is 1. The summed E-state index contributed by atoms with van der Waals surface area (Å²) in [6.07, 6.45) is -23.9. The number of hydrogen-bond donors (Lipinski definition) is 8. The van der Waals surface area contributed by atoms with Crippen LogP contribution in [0, 0.1) is 0 Å². The summed E-state index contributed by atoms with van der Waals surface area (Å²) in [7, 11) is 1.43. The normalized spacial score (nSPS) is 31.6. The molecule has 0 spiro atoms. The van der Waals surface area contributed by atoms with E-state index in [0.717, 1.165) is 32.4 Å². The van der Waals surface area contributed by atoms with Crippen molar-refractivity contribution in [1.82, 2.24) is 0 Å². The van der Waals surface area contributed by atoms with E-state index in [0.29, 0.717) is 5.75 Å². The molecule has 3 aromatic rings. The van der Waals surface area contributed by atoms with E-state index in [9.17, 15) is 60.0 Å². The van der Waals surface area contributed by atoms with E-state index in [4.69, 9.17) is 51.8 Å². The SMILES string of the molecule is COc1ccc(-c2oc3c(CC=C(C)C)c(O[C@H]4O[C@H](CO)[C@@H](O)[C@H](O)[C@H]4O)cc(O)c3c(=O)c2O[C@H]2O[C@@H](C)[C@H](OC(C)=O)[C@@H](O[C@H]3O[C@H](COC(C)=O)[C@H](O)[C@@H](O)[C@H]3OC(C)=O)[C@H]2O)cc1. The second-order valence-electron chi connectivity index (χ2n) is 16.6. The van der Waals surface area contributed by atoms with Gasteiger partial charge in [-0.1, -0.05) is 11.6 Å². The number of methoxy groups -OCH3 is 1. The molecule has 6 rings (SSSR count). The average molecular weight is 965 g/mol. The Morgan fingerprint density at radius 2 is 1.34 bits per heavy atom. The van der Waals surface area contributed by atoms with Gasteiger partial charge in [0.1, 0.15) is 89.8 Å². The van der Waals surface area contributed by atoms with Gasteiger partial charge in [0.15, 0.2) is 24.3 Å². The van der Waals surface area contributed by atoms with Crippen LogP contribution < -0.4 is 19.6 Å². The van der Waals surface area contributed by atoms with Crippen LogP contribution >= 0.6 is 0 Å². The number of aliphatic hydroxyl groups is 7. The molecule has 3 saturated heterocycles. The second kappa shape index (κ2) is 21.9. The third-order valence-corrected chi connectivity index (χ3v) is 11.3. The molecule has 0 bridgehead atoms. The van der Waals surface area contributed by atoms with Gasteiger partial charge in [0.25, 0.3) is 0 Å². The maximum atomic E-state index is 14.9. The van der Waals surface area contributed by atoms with Crippen LogP contribution in [0.4, 0.5) is 0 Å². The molecule has 0 aliphatic carbocycles. The summed E-state index contributed by atoms with van der Waals surface area (Å²) in [4.78, 5) is 51.2. The van der Waals surface area contributed by atoms with E-state index in [-0.39, 0.29) is 34.6 Å². The van der Waals surface area contributed by atoms with Gasteiger partial charge in [-0.25, -0.2) is 0 Å². The number of benzene rings is 2. The van der Waals surface area contributed by atoms with E-state index in [2.05, 4.69) is 0 Å². The van der Waals surface area contributed by atoms with Gasteiger partial charge in [0.05, 0.1) is 19.8 Å². The number of carbonyl (C=O) groups excluding carboxylic acids is 3. The lowest BCUT2D eigenvalue weighted by molar-refractivity contribution is -0.351. The molecular weight excluding hydrogens is 908 g/mol. The van der Waals surface area contributed by atoms with Crippen molar-refractivity contribution >= 4 is 28.9 Å². The van der Waals surface area contributed by atoms with Crippen molar-refractivity contribution in [2.45, 2.75) is 140 Å². The van der Waals surface area contributed by atoms with Crippen molar-refractivity contribution in [3.63, 3.8) is 0 Å². The molecular formula is C45H56O23. The molecule has 23 nitrogen and oxygen atoms in total. The number of carbonyl (C=O) groups is 3. The first-order chi connectivity index (χ1) is 32.1. The van der Waals surface area contributed by atoms with Crippen LogP contribution in [0.25, 0.3) is 22.3 Å². The van der Waals surface area contributed by atoms with Gasteiger partial charge in [-0.05, 0) is 51.5 Å². The average Bonchev–Trinajstić information content (AvgIpc) is 3.28. The predicted octanol–water partition coefficient (Wildman–Crippen LogP) is -0.395. The minimum Gasteiger partial charge on any atom is -0.507 e. The summed E-state index contributed by atoms with van der Waals surface area (Å²) < 4.78 is 63.4. The van der Waals surface area contributed by atoms with Gasteiger partial charge in [0.2, 0.25) is 23.8 Å². The zero-order chi connectivity index (χ0) is 49.9. The number of hydrogen-bond acceptors (Lipinski definition) is 23. The summed E-state index contributed by atoms with van der Waals surface area (Å²) in [6.45, 7) is 6.78. The molecule has 1 aromatic heterocycles. The number of allylic oxidation sites excluding steroid dienone is 2. The maximum Gasteiger partial charge on any atom is 0.303 e. The number of phenols is 1. The van der Waals surface area contributed by atoms with Gasteiger partial charge < -0.3 is 92.6 Å². The molecule has 3 aliphatic rings. The summed E-state index contributed by atoms with van der Waals surface area (Å²) in [5.74, 6) is -4.04. The minimum absolute atomic E-state index is 0.0272. The van der Waals surface area contributed by atoms with Gasteiger partial charge in [0, 0.05) is 38.0 Å². The maximum absolute atomic E-state index is 14.9. The largest absolute Gasteiger partial charge is 0.507 e. The fourth-order valence-corrected chi connectivity index (χ4v) is 7.83. The zero-order valence-corrected chi connectivity index (χ0v) is 37.9. The van der Waals surface area contributed by atoms with Crippen LogP contribution in [0.3, 0.4) is 0 Å². The molecule has 68 heavy (non-hydrogen) atoms. The van der Waals surface area contributed by atoms with Crippen molar-refractivity contribution in [2.75, 3.05) is 20.3 Å². The third-order valence-electron chi connectivity index (χ3n) is 11.3. The third kappa shape index (κ3) is 11.2. The molecule has 0 amide bonds. The fourth-order valence-electron chi connectivity index (χ4n) is 7.83. The molecule has 0 saturated carbocycles. The molecule has 23 heteroatoms. The summed E-state index contributed by atoms with van der Waals surface area (Å²) in [5, 5.41) is 86.6. The first-order valence-corrected chi connectivity index (χ1v) is 21.4. The summed E-state index contributed by atoms with van der Waals surface area (Å²) in [6, 6.07) is 7.11. The van der Waals surface area contributed by atoms with E-state index >= 15 is 0 Å². The van der Waals surface area contributed by atoms with Gasteiger partial charge in [-0.3, -0.25) is 19.2 Å². The highest BCUT2D eigenvalue weighted by Crippen LogP contribution is 2.42. The van der Waals surface area contributed by atoms with Crippen molar-refractivity contribution in [2.24, 2.45) is 0 Å². The van der Waals surface area contributed by atoms with Gasteiger partial charge >= 0.3 is 17.9 Å². The molecule has 3 fully saturated rings. The van der Waals surface area contributed by atoms with Crippen molar-refractivity contribution in [1.29, 1.82) is 0 Å².